The topological polar surface area (TPSA) is 63.6 Å². The van der Waals surface area contributed by atoms with Gasteiger partial charge < -0.3 is 19.5 Å². The molecule has 6 nitrogen and oxygen atoms in total. The third kappa shape index (κ3) is 6.50. The van der Waals surface area contributed by atoms with E-state index in [1.54, 1.807) is 7.11 Å². The predicted molar refractivity (Wildman–Crippen MR) is 150 cm³/mol. The number of piperidine rings is 1. The first-order chi connectivity index (χ1) is 18.0. The number of aromatic nitrogens is 1. The van der Waals surface area contributed by atoms with Crippen LogP contribution in [-0.2, 0) is 27.3 Å². The zero-order chi connectivity index (χ0) is 26.2. The lowest BCUT2D eigenvalue weighted by Crippen LogP contribution is -2.39. The van der Waals surface area contributed by atoms with Gasteiger partial charge >= 0.3 is 0 Å². The Morgan fingerprint density at radius 1 is 1.14 bits per heavy atom. The van der Waals surface area contributed by atoms with E-state index in [1.807, 2.05) is 24.3 Å². The molecule has 1 aromatic heterocycles. The number of anilines is 1. The molecule has 37 heavy (non-hydrogen) atoms. The number of para-hydroxylation sites is 1. The molecule has 0 bridgehead atoms. The van der Waals surface area contributed by atoms with Crippen molar-refractivity contribution in [2.24, 2.45) is 0 Å². The second-order valence-electron chi connectivity index (χ2n) is 9.95. The second-order valence-corrected chi connectivity index (χ2v) is 9.95. The van der Waals surface area contributed by atoms with E-state index < -0.39 is 0 Å². The van der Waals surface area contributed by atoms with Crippen molar-refractivity contribution in [1.82, 2.24) is 9.47 Å². The Kier molecular flexibility index (Phi) is 9.18. The molecule has 1 fully saturated rings. The second kappa shape index (κ2) is 12.7. The van der Waals surface area contributed by atoms with Gasteiger partial charge in [0.1, 0.15) is 0 Å². The molecule has 3 aromatic rings. The average molecular weight is 502 g/mol. The van der Waals surface area contributed by atoms with E-state index >= 15 is 0 Å². The van der Waals surface area contributed by atoms with Crippen LogP contribution < -0.4 is 5.32 Å². The van der Waals surface area contributed by atoms with Gasteiger partial charge in [0.05, 0.1) is 0 Å². The number of nitrogens with zero attached hydrogens (tertiary/aromatic N) is 2. The van der Waals surface area contributed by atoms with Gasteiger partial charge in [0.25, 0.3) is 0 Å². The Hall–Kier alpha value is -3.38. The molecule has 2 amide bonds. The summed E-state index contributed by atoms with van der Waals surface area (Å²) in [4.78, 5) is 26.7. The molecule has 1 unspecified atom stereocenters. The molecule has 196 valence electrons. The fourth-order valence-electron chi connectivity index (χ4n) is 5.61. The van der Waals surface area contributed by atoms with Gasteiger partial charge in [-0.15, -0.1) is 0 Å². The molecule has 0 saturated carbocycles. The van der Waals surface area contributed by atoms with E-state index in [4.69, 9.17) is 4.74 Å². The standard InChI is InChI=1S/C31H39N3O3/c1-4-29(35)32-26-17-15-24(16-18-26)10-7-14-30(36)33-19-8-11-25(22-33)31-23(2)27-12-5-6-13-28(27)34(31)20-9-21-37-3/h4-6,12-13,15-18,25H,1,7-11,14,19-22H2,2-3H3,(H,32,35). The Labute approximate surface area is 220 Å². The van der Waals surface area contributed by atoms with Crippen LogP contribution in [-0.4, -0.2) is 48.1 Å². The summed E-state index contributed by atoms with van der Waals surface area (Å²) in [5, 5.41) is 4.07. The summed E-state index contributed by atoms with van der Waals surface area (Å²) in [5.41, 5.74) is 5.93. The summed E-state index contributed by atoms with van der Waals surface area (Å²) in [6.07, 6.45) is 6.58. The summed E-state index contributed by atoms with van der Waals surface area (Å²) >= 11 is 0. The first-order valence-electron chi connectivity index (χ1n) is 13.4. The molecule has 4 rings (SSSR count). The van der Waals surface area contributed by atoms with Crippen molar-refractivity contribution in [1.29, 1.82) is 0 Å². The van der Waals surface area contributed by atoms with Gasteiger partial charge in [0, 0.05) is 68.0 Å². The third-order valence-electron chi connectivity index (χ3n) is 7.43. The van der Waals surface area contributed by atoms with Crippen LogP contribution in [0.3, 0.4) is 0 Å². The minimum absolute atomic E-state index is 0.219. The minimum Gasteiger partial charge on any atom is -0.385 e. The molecule has 0 radical (unpaired) electrons. The van der Waals surface area contributed by atoms with Crippen molar-refractivity contribution in [2.45, 2.75) is 57.9 Å². The smallest absolute Gasteiger partial charge is 0.247 e. The summed E-state index contributed by atoms with van der Waals surface area (Å²) in [5.74, 6) is 0.383. The highest BCUT2D eigenvalue weighted by atomic mass is 16.5. The Bertz CT molecular complexity index is 1230. The molecule has 0 aliphatic carbocycles. The van der Waals surface area contributed by atoms with Gasteiger partial charge in [-0.1, -0.05) is 36.9 Å². The number of amides is 2. The maximum absolute atomic E-state index is 13.2. The van der Waals surface area contributed by atoms with Crippen LogP contribution in [0, 0.1) is 6.92 Å². The lowest BCUT2D eigenvalue weighted by Gasteiger charge is -2.34. The molecule has 1 atom stereocenters. The molecular formula is C31H39N3O3. The van der Waals surface area contributed by atoms with Gasteiger partial charge in [0.2, 0.25) is 11.8 Å². The number of likely N-dealkylation sites (tertiary alicyclic amines) is 1. The normalized spacial score (nSPS) is 15.6. The van der Waals surface area contributed by atoms with Crippen LogP contribution in [0.15, 0.2) is 61.2 Å². The lowest BCUT2D eigenvalue weighted by atomic mass is 9.91. The van der Waals surface area contributed by atoms with Crippen LogP contribution in [0.5, 0.6) is 0 Å². The number of fused-ring (bicyclic) bond motifs is 1. The average Bonchev–Trinajstić information content (AvgIpc) is 3.21. The van der Waals surface area contributed by atoms with Crippen molar-refractivity contribution in [3.8, 4) is 0 Å². The van der Waals surface area contributed by atoms with Crippen molar-refractivity contribution >= 4 is 28.4 Å². The highest BCUT2D eigenvalue weighted by Gasteiger charge is 2.29. The maximum atomic E-state index is 13.2. The van der Waals surface area contributed by atoms with Gasteiger partial charge in [0.15, 0.2) is 0 Å². The summed E-state index contributed by atoms with van der Waals surface area (Å²) in [6, 6.07) is 16.4. The van der Waals surface area contributed by atoms with Crippen molar-refractivity contribution in [3.63, 3.8) is 0 Å². The first-order valence-corrected chi connectivity index (χ1v) is 13.4. The monoisotopic (exact) mass is 501 g/mol. The van der Waals surface area contributed by atoms with E-state index in [-0.39, 0.29) is 11.8 Å². The Morgan fingerprint density at radius 3 is 2.68 bits per heavy atom. The number of benzene rings is 2. The Morgan fingerprint density at radius 2 is 1.92 bits per heavy atom. The van der Waals surface area contributed by atoms with E-state index in [0.717, 1.165) is 69.6 Å². The number of nitrogens with one attached hydrogen (secondary N) is 1. The van der Waals surface area contributed by atoms with Crippen molar-refractivity contribution in [2.75, 3.05) is 32.1 Å². The summed E-state index contributed by atoms with van der Waals surface area (Å²) in [7, 11) is 1.75. The number of carbonyl (C=O) groups excluding carboxylic acids is 2. The number of hydrogen-bond acceptors (Lipinski definition) is 3. The van der Waals surface area contributed by atoms with Gasteiger partial charge in [-0.25, -0.2) is 0 Å². The number of rotatable bonds is 11. The highest BCUT2D eigenvalue weighted by Crippen LogP contribution is 2.36. The minimum atomic E-state index is -0.219. The highest BCUT2D eigenvalue weighted by molar-refractivity contribution is 5.98. The number of carbonyl (C=O) groups is 2. The number of methoxy groups -OCH3 is 1. The van der Waals surface area contributed by atoms with Crippen LogP contribution >= 0.6 is 0 Å². The largest absolute Gasteiger partial charge is 0.385 e. The molecule has 1 aliphatic heterocycles. The van der Waals surface area contributed by atoms with E-state index in [1.165, 1.54) is 28.2 Å². The number of ether oxygens (including phenoxy) is 1. The zero-order valence-electron chi connectivity index (χ0n) is 22.2. The van der Waals surface area contributed by atoms with E-state index in [0.29, 0.717) is 12.3 Å². The molecule has 2 heterocycles. The van der Waals surface area contributed by atoms with E-state index in [9.17, 15) is 9.59 Å². The molecular weight excluding hydrogens is 462 g/mol. The maximum Gasteiger partial charge on any atom is 0.247 e. The molecule has 6 heteroatoms. The lowest BCUT2D eigenvalue weighted by molar-refractivity contribution is -0.132. The molecule has 1 aliphatic rings. The van der Waals surface area contributed by atoms with Crippen LogP contribution in [0.4, 0.5) is 5.69 Å². The fourth-order valence-corrected chi connectivity index (χ4v) is 5.61. The molecule has 0 spiro atoms. The van der Waals surface area contributed by atoms with Gasteiger partial charge in [-0.2, -0.15) is 0 Å². The van der Waals surface area contributed by atoms with Crippen LogP contribution in [0.2, 0.25) is 0 Å². The van der Waals surface area contributed by atoms with Gasteiger partial charge in [-0.3, -0.25) is 9.59 Å². The number of hydrogen-bond donors (Lipinski definition) is 1. The van der Waals surface area contributed by atoms with Crippen molar-refractivity contribution < 1.29 is 14.3 Å². The molecule has 1 saturated heterocycles. The SMILES string of the molecule is C=CC(=O)Nc1ccc(CCCC(=O)N2CCCC(c3c(C)c4ccccc4n3CCCOC)C2)cc1. The van der Waals surface area contributed by atoms with Gasteiger partial charge in [-0.05, 0) is 74.4 Å². The third-order valence-corrected chi connectivity index (χ3v) is 7.43. The fraction of sp³-hybridized carbons (Fsp3) is 0.419. The summed E-state index contributed by atoms with van der Waals surface area (Å²) < 4.78 is 7.80. The number of aryl methyl sites for hydroxylation is 3. The predicted octanol–water partition coefficient (Wildman–Crippen LogP) is 5.84. The van der Waals surface area contributed by atoms with Crippen molar-refractivity contribution in [3.05, 3.63) is 78.0 Å². The van der Waals surface area contributed by atoms with Crippen LogP contribution in [0.1, 0.15) is 54.8 Å². The molecule has 2 aromatic carbocycles. The molecule has 1 N–H and O–H groups in total. The van der Waals surface area contributed by atoms with E-state index in [2.05, 4.69) is 52.6 Å². The first kappa shape index (κ1) is 26.7. The quantitative estimate of drug-likeness (QED) is 0.265. The summed E-state index contributed by atoms with van der Waals surface area (Å²) in [6.45, 7) is 9.01. The zero-order valence-corrected chi connectivity index (χ0v) is 22.2. The Balaban J connectivity index is 1.38. The van der Waals surface area contributed by atoms with Crippen LogP contribution in [0.25, 0.3) is 10.9 Å².